The fraction of sp³-hybridized carbons (Fsp3) is 0.417. The molecule has 0 aliphatic carbocycles. The highest BCUT2D eigenvalue weighted by Gasteiger charge is 2.05. The Bertz CT molecular complexity index is 347. The number of Topliss-reactive ketones (excluding diaryl/α,β-unsaturated/α-hetero) is 1. The molecule has 1 rings (SSSR count). The Hall–Kier alpha value is -1.02. The second-order valence-electron chi connectivity index (χ2n) is 3.39. The molecule has 82 valence electrons. The van der Waals surface area contributed by atoms with E-state index in [2.05, 4.69) is 0 Å². The average Bonchev–Trinajstić information content (AvgIpc) is 2.18. The normalized spacial score (nSPS) is 10.1. The number of hydrogen-bond donors (Lipinski definition) is 0. The zero-order chi connectivity index (χ0) is 11.3. The number of aryl methyl sites for hydroxylation is 1. The maximum absolute atomic E-state index is 10.9. The zero-order valence-electron chi connectivity index (χ0n) is 9.05. The van der Waals surface area contributed by atoms with Crippen molar-refractivity contribution in [1.82, 2.24) is 0 Å². The van der Waals surface area contributed by atoms with Crippen LogP contribution < -0.4 is 4.74 Å². The lowest BCUT2D eigenvalue weighted by molar-refractivity contribution is -0.116. The van der Waals surface area contributed by atoms with E-state index in [1.165, 1.54) is 0 Å². The monoisotopic (exact) mass is 226 g/mol. The Morgan fingerprint density at radius 2 is 2.20 bits per heavy atom. The number of carbonyl (C=O) groups is 1. The van der Waals surface area contributed by atoms with Gasteiger partial charge in [0.2, 0.25) is 0 Å². The molecule has 0 N–H and O–H groups in total. The first-order valence-corrected chi connectivity index (χ1v) is 5.42. The molecule has 0 aliphatic rings. The van der Waals surface area contributed by atoms with E-state index in [0.29, 0.717) is 24.5 Å². The van der Waals surface area contributed by atoms with Crippen molar-refractivity contribution in [3.8, 4) is 5.75 Å². The molecular formula is C12H15ClO2. The summed E-state index contributed by atoms with van der Waals surface area (Å²) in [7, 11) is 0. The van der Waals surface area contributed by atoms with Gasteiger partial charge in [-0.15, -0.1) is 0 Å². The Kier molecular flexibility index (Phi) is 4.63. The fourth-order valence-electron chi connectivity index (χ4n) is 1.35. The Morgan fingerprint density at radius 1 is 1.47 bits per heavy atom. The first kappa shape index (κ1) is 12.1. The third kappa shape index (κ3) is 3.92. The summed E-state index contributed by atoms with van der Waals surface area (Å²) in [5.74, 6) is 1.00. The fourth-order valence-corrected chi connectivity index (χ4v) is 1.55. The van der Waals surface area contributed by atoms with Crippen molar-refractivity contribution in [2.75, 3.05) is 6.61 Å². The number of hydrogen-bond acceptors (Lipinski definition) is 2. The summed E-state index contributed by atoms with van der Waals surface area (Å²) < 4.78 is 5.45. The number of benzene rings is 1. The predicted molar refractivity (Wildman–Crippen MR) is 61.6 cm³/mol. The van der Waals surface area contributed by atoms with Gasteiger partial charge in [-0.05, 0) is 44.0 Å². The number of ether oxygens (including phenoxy) is 1. The molecule has 0 bridgehead atoms. The zero-order valence-corrected chi connectivity index (χ0v) is 9.80. The number of rotatable bonds is 5. The third-order valence-electron chi connectivity index (χ3n) is 2.07. The van der Waals surface area contributed by atoms with Crippen LogP contribution >= 0.6 is 11.6 Å². The highest BCUT2D eigenvalue weighted by atomic mass is 35.5. The molecule has 1 aromatic rings. The Labute approximate surface area is 95.2 Å². The molecule has 1 aromatic carbocycles. The summed E-state index contributed by atoms with van der Waals surface area (Å²) in [6.07, 6.45) is 1.21. The third-order valence-corrected chi connectivity index (χ3v) is 2.30. The van der Waals surface area contributed by atoms with Gasteiger partial charge in [0, 0.05) is 11.4 Å². The summed E-state index contributed by atoms with van der Waals surface area (Å²) in [6, 6.07) is 5.50. The molecule has 0 aliphatic heterocycles. The Morgan fingerprint density at radius 3 is 2.80 bits per heavy atom. The summed E-state index contributed by atoms with van der Waals surface area (Å²) in [5.41, 5.74) is 1.000. The molecule has 0 radical (unpaired) electrons. The smallest absolute Gasteiger partial charge is 0.130 e. The van der Waals surface area contributed by atoms with Crippen LogP contribution in [0.3, 0.4) is 0 Å². The molecule has 0 aromatic heterocycles. The molecule has 0 saturated carbocycles. The predicted octanol–water partition coefficient (Wildman–Crippen LogP) is 3.26. The molecule has 0 saturated heterocycles. The number of carbonyl (C=O) groups excluding carboxylic acids is 1. The number of halogens is 1. The maximum Gasteiger partial charge on any atom is 0.130 e. The van der Waals surface area contributed by atoms with Crippen molar-refractivity contribution < 1.29 is 9.53 Å². The molecule has 0 fully saturated rings. The summed E-state index contributed by atoms with van der Waals surface area (Å²) in [4.78, 5) is 10.9. The molecule has 0 heterocycles. The van der Waals surface area contributed by atoms with Gasteiger partial charge in [0.1, 0.15) is 11.5 Å². The van der Waals surface area contributed by atoms with Gasteiger partial charge in [0.25, 0.3) is 0 Å². The molecule has 0 atom stereocenters. The van der Waals surface area contributed by atoms with Crippen LogP contribution in [0.5, 0.6) is 5.75 Å². The van der Waals surface area contributed by atoms with E-state index < -0.39 is 0 Å². The van der Waals surface area contributed by atoms with Crippen molar-refractivity contribution in [3.05, 3.63) is 28.8 Å². The molecule has 0 amide bonds. The van der Waals surface area contributed by atoms with Crippen molar-refractivity contribution in [3.63, 3.8) is 0 Å². The Balaban J connectivity index is 2.81. The molecule has 0 spiro atoms. The van der Waals surface area contributed by atoms with Gasteiger partial charge in [0.05, 0.1) is 6.61 Å². The van der Waals surface area contributed by atoms with E-state index in [1.807, 2.05) is 19.1 Å². The lowest BCUT2D eigenvalue weighted by atomic mass is 10.1. The first-order chi connectivity index (χ1) is 7.13. The van der Waals surface area contributed by atoms with E-state index in [1.54, 1.807) is 13.0 Å². The van der Waals surface area contributed by atoms with Crippen molar-refractivity contribution in [2.45, 2.75) is 26.7 Å². The van der Waals surface area contributed by atoms with Crippen LogP contribution in [0.1, 0.15) is 25.8 Å². The quantitative estimate of drug-likeness (QED) is 0.771. The first-order valence-electron chi connectivity index (χ1n) is 5.04. The van der Waals surface area contributed by atoms with Crippen LogP contribution in [-0.4, -0.2) is 12.4 Å². The topological polar surface area (TPSA) is 26.3 Å². The minimum atomic E-state index is 0.178. The summed E-state index contributed by atoms with van der Waals surface area (Å²) in [5, 5.41) is 0.678. The van der Waals surface area contributed by atoms with Crippen LogP contribution in [0.2, 0.25) is 5.02 Å². The van der Waals surface area contributed by atoms with Crippen LogP contribution in [0.15, 0.2) is 18.2 Å². The molecule has 3 heteroatoms. The number of ketones is 1. The van der Waals surface area contributed by atoms with Crippen LogP contribution in [0, 0.1) is 0 Å². The minimum absolute atomic E-state index is 0.178. The highest BCUT2D eigenvalue weighted by Crippen LogP contribution is 2.24. The lowest BCUT2D eigenvalue weighted by Crippen LogP contribution is -1.99. The van der Waals surface area contributed by atoms with Gasteiger partial charge in [0.15, 0.2) is 0 Å². The largest absolute Gasteiger partial charge is 0.494 e. The van der Waals surface area contributed by atoms with E-state index in [9.17, 15) is 4.79 Å². The SMILES string of the molecule is CCOc1ccc(Cl)cc1CCC(C)=O. The lowest BCUT2D eigenvalue weighted by Gasteiger charge is -2.09. The average molecular weight is 227 g/mol. The standard InChI is InChI=1S/C12H15ClO2/c1-3-15-12-7-6-11(13)8-10(12)5-4-9(2)14/h6-8H,3-5H2,1-2H3. The molecule has 15 heavy (non-hydrogen) atoms. The summed E-state index contributed by atoms with van der Waals surface area (Å²) >= 11 is 5.89. The maximum atomic E-state index is 10.9. The molecular weight excluding hydrogens is 212 g/mol. The van der Waals surface area contributed by atoms with Gasteiger partial charge in [-0.2, -0.15) is 0 Å². The van der Waals surface area contributed by atoms with E-state index in [0.717, 1.165) is 11.3 Å². The van der Waals surface area contributed by atoms with Crippen molar-refractivity contribution >= 4 is 17.4 Å². The van der Waals surface area contributed by atoms with Gasteiger partial charge >= 0.3 is 0 Å². The van der Waals surface area contributed by atoms with Gasteiger partial charge < -0.3 is 9.53 Å². The summed E-state index contributed by atoms with van der Waals surface area (Å²) in [6.45, 7) is 4.14. The van der Waals surface area contributed by atoms with E-state index in [4.69, 9.17) is 16.3 Å². The van der Waals surface area contributed by atoms with Crippen LogP contribution in [-0.2, 0) is 11.2 Å². The van der Waals surface area contributed by atoms with Crippen molar-refractivity contribution in [1.29, 1.82) is 0 Å². The van der Waals surface area contributed by atoms with Crippen LogP contribution in [0.25, 0.3) is 0 Å². The van der Waals surface area contributed by atoms with Gasteiger partial charge in [-0.3, -0.25) is 0 Å². The second-order valence-corrected chi connectivity index (χ2v) is 3.82. The minimum Gasteiger partial charge on any atom is -0.494 e. The van der Waals surface area contributed by atoms with Gasteiger partial charge in [-0.1, -0.05) is 11.6 Å². The van der Waals surface area contributed by atoms with Gasteiger partial charge in [-0.25, -0.2) is 0 Å². The van der Waals surface area contributed by atoms with E-state index in [-0.39, 0.29) is 5.78 Å². The van der Waals surface area contributed by atoms with Crippen molar-refractivity contribution in [2.24, 2.45) is 0 Å². The second kappa shape index (κ2) is 5.76. The molecule has 0 unspecified atom stereocenters. The highest BCUT2D eigenvalue weighted by molar-refractivity contribution is 6.30. The molecule has 2 nitrogen and oxygen atoms in total. The van der Waals surface area contributed by atoms with Crippen LogP contribution in [0.4, 0.5) is 0 Å². The van der Waals surface area contributed by atoms with E-state index >= 15 is 0 Å².